The highest BCUT2D eigenvalue weighted by molar-refractivity contribution is 6.02. The van der Waals surface area contributed by atoms with Gasteiger partial charge in [0.05, 0.1) is 11.0 Å². The van der Waals surface area contributed by atoms with E-state index in [4.69, 9.17) is 5.26 Å². The molecular formula is C14H9N3O3. The van der Waals surface area contributed by atoms with E-state index in [2.05, 4.69) is 4.98 Å². The summed E-state index contributed by atoms with van der Waals surface area (Å²) in [5, 5.41) is 19.7. The van der Waals surface area contributed by atoms with Crippen molar-refractivity contribution in [2.45, 2.75) is 5.92 Å². The van der Waals surface area contributed by atoms with Gasteiger partial charge in [0.25, 0.3) is 5.69 Å². The number of carbonyl (C=O) groups is 1. The number of aromatic nitrogens is 1. The maximum absolute atomic E-state index is 12.2. The van der Waals surface area contributed by atoms with Gasteiger partial charge in [0.1, 0.15) is 5.92 Å². The molecule has 0 saturated carbocycles. The molecule has 0 spiro atoms. The molecule has 1 atom stereocenters. The van der Waals surface area contributed by atoms with Gasteiger partial charge in [0, 0.05) is 30.1 Å². The van der Waals surface area contributed by atoms with Gasteiger partial charge in [-0.25, -0.2) is 0 Å². The Kier molecular flexibility index (Phi) is 3.82. The lowest BCUT2D eigenvalue weighted by atomic mass is 9.92. The Morgan fingerprint density at radius 2 is 1.80 bits per heavy atom. The largest absolute Gasteiger partial charge is 0.292 e. The van der Waals surface area contributed by atoms with Gasteiger partial charge in [-0.1, -0.05) is 0 Å². The second-order valence-electron chi connectivity index (χ2n) is 4.01. The van der Waals surface area contributed by atoms with Crippen molar-refractivity contribution in [2.24, 2.45) is 0 Å². The van der Waals surface area contributed by atoms with E-state index in [1.807, 2.05) is 6.07 Å². The van der Waals surface area contributed by atoms with Crippen molar-refractivity contribution < 1.29 is 9.72 Å². The number of non-ortho nitro benzene ring substituents is 1. The fourth-order valence-corrected chi connectivity index (χ4v) is 1.75. The number of Topliss-reactive ketones (excluding diaryl/α,β-unsaturated/α-hetero) is 1. The molecular weight excluding hydrogens is 258 g/mol. The van der Waals surface area contributed by atoms with Crippen LogP contribution >= 0.6 is 0 Å². The minimum Gasteiger partial charge on any atom is -0.292 e. The summed E-state index contributed by atoms with van der Waals surface area (Å²) in [5.41, 5.74) is 0.712. The molecule has 0 aliphatic rings. The maximum Gasteiger partial charge on any atom is 0.269 e. The van der Waals surface area contributed by atoms with Gasteiger partial charge < -0.3 is 0 Å². The number of hydrogen-bond acceptors (Lipinski definition) is 5. The zero-order chi connectivity index (χ0) is 14.5. The van der Waals surface area contributed by atoms with E-state index in [1.165, 1.54) is 36.7 Å². The van der Waals surface area contributed by atoms with E-state index < -0.39 is 16.6 Å². The zero-order valence-electron chi connectivity index (χ0n) is 10.3. The molecule has 1 unspecified atom stereocenters. The summed E-state index contributed by atoms with van der Waals surface area (Å²) in [4.78, 5) is 26.1. The molecule has 2 aromatic rings. The standard InChI is InChI=1S/C14H9N3O3/c15-9-13(10-5-7-16-8-6-10)14(18)11-1-3-12(4-2-11)17(19)20/h1-8,13H. The molecule has 98 valence electrons. The van der Waals surface area contributed by atoms with Gasteiger partial charge >= 0.3 is 0 Å². The summed E-state index contributed by atoms with van der Waals surface area (Å²) in [6.07, 6.45) is 3.01. The molecule has 0 aliphatic heterocycles. The second kappa shape index (κ2) is 5.71. The van der Waals surface area contributed by atoms with Gasteiger partial charge in [-0.3, -0.25) is 19.9 Å². The normalized spacial score (nSPS) is 11.3. The van der Waals surface area contributed by atoms with Gasteiger partial charge in [0.2, 0.25) is 0 Å². The number of carbonyl (C=O) groups excluding carboxylic acids is 1. The Labute approximate surface area is 114 Å². The van der Waals surface area contributed by atoms with E-state index in [1.54, 1.807) is 12.1 Å². The predicted octanol–water partition coefficient (Wildman–Crippen LogP) is 2.48. The predicted molar refractivity (Wildman–Crippen MR) is 70.0 cm³/mol. The summed E-state index contributed by atoms with van der Waals surface area (Å²) in [5.74, 6) is -1.34. The van der Waals surface area contributed by atoms with Crippen LogP contribution in [0.2, 0.25) is 0 Å². The van der Waals surface area contributed by atoms with Crippen LogP contribution in [0.5, 0.6) is 0 Å². The average molecular weight is 267 g/mol. The number of nitrogens with zero attached hydrogens (tertiary/aromatic N) is 3. The van der Waals surface area contributed by atoms with Crippen LogP contribution in [0.1, 0.15) is 21.8 Å². The quantitative estimate of drug-likeness (QED) is 0.481. The second-order valence-corrected chi connectivity index (χ2v) is 4.01. The molecule has 0 radical (unpaired) electrons. The Morgan fingerprint density at radius 3 is 2.30 bits per heavy atom. The van der Waals surface area contributed by atoms with Crippen LogP contribution in [0.15, 0.2) is 48.8 Å². The maximum atomic E-state index is 12.2. The zero-order valence-corrected chi connectivity index (χ0v) is 10.3. The van der Waals surface area contributed by atoms with Crippen molar-refractivity contribution in [3.05, 3.63) is 70.0 Å². The smallest absolute Gasteiger partial charge is 0.269 e. The number of nitro benzene ring substituents is 1. The van der Waals surface area contributed by atoms with E-state index in [0.29, 0.717) is 5.56 Å². The fraction of sp³-hybridized carbons (Fsp3) is 0.0714. The van der Waals surface area contributed by atoms with Crippen molar-refractivity contribution in [1.82, 2.24) is 4.98 Å². The SMILES string of the molecule is N#CC(C(=O)c1ccc([N+](=O)[O-])cc1)c1ccncc1. The highest BCUT2D eigenvalue weighted by Crippen LogP contribution is 2.21. The molecule has 6 heteroatoms. The Balaban J connectivity index is 2.30. The number of nitriles is 1. The molecule has 1 heterocycles. The number of benzene rings is 1. The molecule has 0 amide bonds. The summed E-state index contributed by atoms with van der Waals surface area (Å²) in [6, 6.07) is 10.3. The molecule has 1 aromatic heterocycles. The average Bonchev–Trinajstić information content (AvgIpc) is 2.49. The summed E-state index contributed by atoms with van der Waals surface area (Å²) >= 11 is 0. The number of rotatable bonds is 4. The van der Waals surface area contributed by atoms with Gasteiger partial charge in [-0.15, -0.1) is 0 Å². The lowest BCUT2D eigenvalue weighted by Crippen LogP contribution is -2.11. The molecule has 20 heavy (non-hydrogen) atoms. The van der Waals surface area contributed by atoms with E-state index in [0.717, 1.165) is 0 Å². The van der Waals surface area contributed by atoms with Crippen LogP contribution in [0.3, 0.4) is 0 Å². The summed E-state index contributed by atoms with van der Waals surface area (Å²) in [6.45, 7) is 0. The monoisotopic (exact) mass is 267 g/mol. The molecule has 0 bridgehead atoms. The number of hydrogen-bond donors (Lipinski definition) is 0. The van der Waals surface area contributed by atoms with Crippen molar-refractivity contribution >= 4 is 11.5 Å². The number of nitro groups is 1. The molecule has 0 saturated heterocycles. The topological polar surface area (TPSA) is 96.9 Å². The Morgan fingerprint density at radius 1 is 1.20 bits per heavy atom. The number of pyridine rings is 1. The van der Waals surface area contributed by atoms with Crippen molar-refractivity contribution in [1.29, 1.82) is 5.26 Å². The van der Waals surface area contributed by atoms with E-state index in [9.17, 15) is 14.9 Å². The summed E-state index contributed by atoms with van der Waals surface area (Å²) in [7, 11) is 0. The van der Waals surface area contributed by atoms with Crippen LogP contribution < -0.4 is 0 Å². The molecule has 0 N–H and O–H groups in total. The third-order valence-corrected chi connectivity index (χ3v) is 2.79. The highest BCUT2D eigenvalue weighted by Gasteiger charge is 2.22. The molecule has 6 nitrogen and oxygen atoms in total. The van der Waals surface area contributed by atoms with Crippen molar-refractivity contribution in [3.8, 4) is 6.07 Å². The number of ketones is 1. The van der Waals surface area contributed by atoms with Crippen LogP contribution in [0.25, 0.3) is 0 Å². The summed E-state index contributed by atoms with van der Waals surface area (Å²) < 4.78 is 0. The highest BCUT2D eigenvalue weighted by atomic mass is 16.6. The first-order chi connectivity index (χ1) is 9.63. The third-order valence-electron chi connectivity index (χ3n) is 2.79. The third kappa shape index (κ3) is 2.67. The Bertz CT molecular complexity index is 675. The lowest BCUT2D eigenvalue weighted by Gasteiger charge is -2.07. The molecule has 0 aliphatic carbocycles. The van der Waals surface area contributed by atoms with Crippen LogP contribution in [0, 0.1) is 21.4 Å². The van der Waals surface area contributed by atoms with Crippen LogP contribution in [-0.2, 0) is 0 Å². The lowest BCUT2D eigenvalue weighted by molar-refractivity contribution is -0.384. The van der Waals surface area contributed by atoms with E-state index >= 15 is 0 Å². The van der Waals surface area contributed by atoms with E-state index in [-0.39, 0.29) is 11.3 Å². The minimum atomic E-state index is -0.945. The molecule has 1 aromatic carbocycles. The fourth-order valence-electron chi connectivity index (χ4n) is 1.75. The minimum absolute atomic E-state index is 0.0982. The first-order valence-electron chi connectivity index (χ1n) is 5.71. The van der Waals surface area contributed by atoms with Crippen LogP contribution in [0.4, 0.5) is 5.69 Å². The Hall–Kier alpha value is -3.07. The molecule has 2 rings (SSSR count). The van der Waals surface area contributed by atoms with Crippen molar-refractivity contribution in [3.63, 3.8) is 0 Å². The molecule has 0 fully saturated rings. The van der Waals surface area contributed by atoms with Gasteiger partial charge in [-0.2, -0.15) is 5.26 Å². The van der Waals surface area contributed by atoms with Gasteiger partial charge in [0.15, 0.2) is 5.78 Å². The van der Waals surface area contributed by atoms with Gasteiger partial charge in [-0.05, 0) is 29.8 Å². The first-order valence-corrected chi connectivity index (χ1v) is 5.71. The van der Waals surface area contributed by atoms with Crippen LogP contribution in [-0.4, -0.2) is 15.7 Å². The first kappa shape index (κ1) is 13.4. The van der Waals surface area contributed by atoms with Crippen molar-refractivity contribution in [2.75, 3.05) is 0 Å².